The lowest BCUT2D eigenvalue weighted by Gasteiger charge is -2.12. The maximum absolute atomic E-state index is 12.0. The number of carbonyl (C=O) groups excluding carboxylic acids is 1. The van der Waals surface area contributed by atoms with Crippen LogP contribution in [0.3, 0.4) is 0 Å². The van der Waals surface area contributed by atoms with Gasteiger partial charge in [-0.2, -0.15) is 0 Å². The van der Waals surface area contributed by atoms with Gasteiger partial charge in [-0.3, -0.25) is 4.79 Å². The van der Waals surface area contributed by atoms with Crippen LogP contribution in [0.1, 0.15) is 29.3 Å². The molecular formula is C13H21N3O3S. The van der Waals surface area contributed by atoms with Crippen molar-refractivity contribution in [2.75, 3.05) is 24.2 Å². The molecule has 0 radical (unpaired) electrons. The Morgan fingerprint density at radius 1 is 1.30 bits per heavy atom. The van der Waals surface area contributed by atoms with E-state index in [9.17, 15) is 13.2 Å². The summed E-state index contributed by atoms with van der Waals surface area (Å²) < 4.78 is 21.6. The highest BCUT2D eigenvalue weighted by Gasteiger charge is 2.12. The van der Waals surface area contributed by atoms with Gasteiger partial charge in [0.2, 0.25) is 10.0 Å². The van der Waals surface area contributed by atoms with Gasteiger partial charge in [0.15, 0.2) is 0 Å². The number of benzene rings is 1. The van der Waals surface area contributed by atoms with Crippen molar-refractivity contribution in [3.8, 4) is 0 Å². The average molecular weight is 299 g/mol. The summed E-state index contributed by atoms with van der Waals surface area (Å²) in [4.78, 5) is 12.0. The quantitative estimate of drug-likeness (QED) is 0.694. The summed E-state index contributed by atoms with van der Waals surface area (Å²) in [7, 11) is -3.56. The number of primary sulfonamides is 1. The lowest BCUT2D eigenvalue weighted by molar-refractivity contribution is 0.0957. The third kappa shape index (κ3) is 5.58. The highest BCUT2D eigenvalue weighted by molar-refractivity contribution is 7.89. The van der Waals surface area contributed by atoms with Gasteiger partial charge in [-0.25, -0.2) is 13.6 Å². The first kappa shape index (κ1) is 16.5. The van der Waals surface area contributed by atoms with Gasteiger partial charge in [0, 0.05) is 18.8 Å². The molecule has 112 valence electrons. The van der Waals surface area contributed by atoms with Crippen LogP contribution in [-0.4, -0.2) is 33.2 Å². The normalized spacial score (nSPS) is 11.2. The minimum absolute atomic E-state index is 0.00123. The molecule has 0 spiro atoms. The standard InChI is InChI=1S/C13H21N3O3S/c1-3-6-15-12-9-10(2)4-5-11(12)13(17)16-7-8-20(14,18)19/h4-5,9,15H,3,6-8H2,1-2H3,(H,16,17)(H2,14,18,19). The van der Waals surface area contributed by atoms with Gasteiger partial charge in [0.1, 0.15) is 0 Å². The van der Waals surface area contributed by atoms with Crippen LogP contribution in [0.4, 0.5) is 5.69 Å². The molecule has 0 bridgehead atoms. The van der Waals surface area contributed by atoms with E-state index >= 15 is 0 Å². The molecule has 0 saturated carbocycles. The number of hydrogen-bond acceptors (Lipinski definition) is 4. The molecule has 1 amide bonds. The maximum atomic E-state index is 12.0. The largest absolute Gasteiger partial charge is 0.384 e. The molecule has 0 aliphatic rings. The fourth-order valence-corrected chi connectivity index (χ4v) is 2.05. The summed E-state index contributed by atoms with van der Waals surface area (Å²) in [6.45, 7) is 4.74. The molecule has 7 heteroatoms. The van der Waals surface area contributed by atoms with Crippen molar-refractivity contribution in [3.63, 3.8) is 0 Å². The fourth-order valence-electron chi connectivity index (χ4n) is 1.66. The van der Waals surface area contributed by atoms with E-state index in [1.807, 2.05) is 26.0 Å². The number of nitrogens with two attached hydrogens (primary N) is 1. The lowest BCUT2D eigenvalue weighted by Crippen LogP contribution is -2.31. The molecule has 1 rings (SSSR count). The highest BCUT2D eigenvalue weighted by Crippen LogP contribution is 2.17. The van der Waals surface area contributed by atoms with Crippen molar-refractivity contribution >= 4 is 21.6 Å². The average Bonchev–Trinajstić information content (AvgIpc) is 2.34. The van der Waals surface area contributed by atoms with E-state index in [0.717, 1.165) is 24.2 Å². The van der Waals surface area contributed by atoms with Crippen molar-refractivity contribution in [2.45, 2.75) is 20.3 Å². The highest BCUT2D eigenvalue weighted by atomic mass is 32.2. The zero-order valence-corrected chi connectivity index (χ0v) is 12.6. The number of hydrogen-bond donors (Lipinski definition) is 3. The maximum Gasteiger partial charge on any atom is 0.253 e. The third-order valence-electron chi connectivity index (χ3n) is 2.66. The monoisotopic (exact) mass is 299 g/mol. The molecule has 20 heavy (non-hydrogen) atoms. The van der Waals surface area contributed by atoms with E-state index < -0.39 is 10.0 Å². The molecule has 6 nitrogen and oxygen atoms in total. The molecule has 0 unspecified atom stereocenters. The summed E-state index contributed by atoms with van der Waals surface area (Å²) in [5.74, 6) is -0.588. The second kappa shape index (κ2) is 7.25. The third-order valence-corrected chi connectivity index (χ3v) is 3.43. The second-order valence-corrected chi connectivity index (χ2v) is 6.33. The molecule has 4 N–H and O–H groups in total. The van der Waals surface area contributed by atoms with Gasteiger partial charge in [-0.05, 0) is 31.0 Å². The van der Waals surface area contributed by atoms with Crippen LogP contribution >= 0.6 is 0 Å². The van der Waals surface area contributed by atoms with Crippen LogP contribution in [0.25, 0.3) is 0 Å². The van der Waals surface area contributed by atoms with Crippen LogP contribution < -0.4 is 15.8 Å². The van der Waals surface area contributed by atoms with Crippen LogP contribution in [0.5, 0.6) is 0 Å². The molecule has 0 aromatic heterocycles. The first-order valence-electron chi connectivity index (χ1n) is 6.46. The van der Waals surface area contributed by atoms with Gasteiger partial charge >= 0.3 is 0 Å². The Kier molecular flexibility index (Phi) is 5.97. The number of amides is 1. The zero-order valence-electron chi connectivity index (χ0n) is 11.8. The number of anilines is 1. The Morgan fingerprint density at radius 2 is 2.00 bits per heavy atom. The SMILES string of the molecule is CCCNc1cc(C)ccc1C(=O)NCCS(N)(=O)=O. The van der Waals surface area contributed by atoms with E-state index in [-0.39, 0.29) is 18.2 Å². The van der Waals surface area contributed by atoms with E-state index in [1.54, 1.807) is 6.07 Å². The van der Waals surface area contributed by atoms with Crippen LogP contribution in [0.2, 0.25) is 0 Å². The summed E-state index contributed by atoms with van der Waals surface area (Å²) in [5.41, 5.74) is 2.29. The van der Waals surface area contributed by atoms with Gasteiger partial charge in [0.05, 0.1) is 11.3 Å². The Hall–Kier alpha value is -1.60. The fraction of sp³-hybridized carbons (Fsp3) is 0.462. The first-order valence-corrected chi connectivity index (χ1v) is 8.18. The Morgan fingerprint density at radius 3 is 2.60 bits per heavy atom. The second-order valence-electron chi connectivity index (χ2n) is 4.60. The zero-order chi connectivity index (χ0) is 15.2. The summed E-state index contributed by atoms with van der Waals surface area (Å²) in [6, 6.07) is 5.45. The number of aryl methyl sites for hydroxylation is 1. The smallest absolute Gasteiger partial charge is 0.253 e. The molecule has 1 aromatic rings. The molecular weight excluding hydrogens is 278 g/mol. The Labute approximate surface area is 119 Å². The van der Waals surface area contributed by atoms with Crippen LogP contribution in [0.15, 0.2) is 18.2 Å². The summed E-state index contributed by atoms with van der Waals surface area (Å²) in [6.07, 6.45) is 0.945. The van der Waals surface area contributed by atoms with Crippen molar-refractivity contribution in [1.29, 1.82) is 0 Å². The van der Waals surface area contributed by atoms with Crippen LogP contribution in [-0.2, 0) is 10.0 Å². The molecule has 0 aliphatic heterocycles. The van der Waals surface area contributed by atoms with Gasteiger partial charge in [-0.15, -0.1) is 0 Å². The van der Waals surface area contributed by atoms with Crippen LogP contribution in [0, 0.1) is 6.92 Å². The van der Waals surface area contributed by atoms with Crippen molar-refractivity contribution in [3.05, 3.63) is 29.3 Å². The van der Waals surface area contributed by atoms with Gasteiger partial charge in [0.25, 0.3) is 5.91 Å². The Bertz CT molecular complexity index is 570. The van der Waals surface area contributed by atoms with E-state index in [2.05, 4.69) is 10.6 Å². The number of rotatable bonds is 7. The minimum Gasteiger partial charge on any atom is -0.384 e. The number of carbonyl (C=O) groups is 1. The molecule has 0 saturated heterocycles. The van der Waals surface area contributed by atoms with E-state index in [4.69, 9.17) is 5.14 Å². The molecule has 1 aromatic carbocycles. The molecule has 0 atom stereocenters. The molecule has 0 heterocycles. The van der Waals surface area contributed by atoms with Crippen molar-refractivity contribution in [1.82, 2.24) is 5.32 Å². The van der Waals surface area contributed by atoms with Crippen molar-refractivity contribution in [2.24, 2.45) is 5.14 Å². The summed E-state index contributed by atoms with van der Waals surface area (Å²) >= 11 is 0. The van der Waals surface area contributed by atoms with E-state index in [1.165, 1.54) is 0 Å². The summed E-state index contributed by atoms with van der Waals surface area (Å²) in [5, 5.41) is 10.6. The van der Waals surface area contributed by atoms with Gasteiger partial charge in [-0.1, -0.05) is 13.0 Å². The molecule has 0 aliphatic carbocycles. The Balaban J connectivity index is 2.76. The molecule has 0 fully saturated rings. The predicted molar refractivity (Wildman–Crippen MR) is 80.3 cm³/mol. The topological polar surface area (TPSA) is 101 Å². The minimum atomic E-state index is -3.56. The first-order chi connectivity index (χ1) is 9.33. The number of nitrogens with one attached hydrogen (secondary N) is 2. The van der Waals surface area contributed by atoms with Crippen molar-refractivity contribution < 1.29 is 13.2 Å². The van der Waals surface area contributed by atoms with E-state index in [0.29, 0.717) is 5.56 Å². The number of sulfonamides is 1. The predicted octanol–water partition coefficient (Wildman–Crippen LogP) is 0.835. The lowest BCUT2D eigenvalue weighted by atomic mass is 10.1. The van der Waals surface area contributed by atoms with Gasteiger partial charge < -0.3 is 10.6 Å².